The molecule has 0 radical (unpaired) electrons. The third-order valence-electron chi connectivity index (χ3n) is 3.22. The molecule has 0 aliphatic heterocycles. The average Bonchev–Trinajstić information content (AvgIpc) is 2.96. The Hall–Kier alpha value is -2.47. The molecule has 1 N–H and O–H groups in total. The lowest BCUT2D eigenvalue weighted by Crippen LogP contribution is -2.28. The molecule has 6 heteroatoms. The van der Waals surface area contributed by atoms with Crippen molar-refractivity contribution in [1.29, 1.82) is 0 Å². The molecule has 0 saturated heterocycles. The van der Waals surface area contributed by atoms with Crippen LogP contribution >= 0.6 is 0 Å². The van der Waals surface area contributed by atoms with Gasteiger partial charge in [0.25, 0.3) is 5.69 Å². The fraction of sp³-hybridized carbons (Fsp3) is 0.267. The summed E-state index contributed by atoms with van der Waals surface area (Å²) in [4.78, 5) is 26.6. The largest absolute Gasteiger partial charge is 0.353 e. The Bertz CT molecular complexity index is 622. The zero-order valence-electron chi connectivity index (χ0n) is 11.8. The number of Topliss-reactive ketones (excluding diaryl/α,β-unsaturated/α-hetero) is 1. The first kappa shape index (κ1) is 14.9. The molecule has 110 valence electrons. The summed E-state index contributed by atoms with van der Waals surface area (Å²) in [6.07, 6.45) is 2.09. The minimum atomic E-state index is -0.521. The van der Waals surface area contributed by atoms with Crippen molar-refractivity contribution >= 4 is 11.5 Å². The van der Waals surface area contributed by atoms with Crippen LogP contribution in [-0.4, -0.2) is 40.7 Å². The summed E-state index contributed by atoms with van der Waals surface area (Å²) >= 11 is 0. The maximum Gasteiger partial charge on any atom is 0.287 e. The number of aromatic nitrogens is 1. The number of rotatable bonds is 7. The van der Waals surface area contributed by atoms with E-state index in [1.54, 1.807) is 0 Å². The number of carbonyl (C=O) groups is 1. The predicted octanol–water partition coefficient (Wildman–Crippen LogP) is 2.28. The lowest BCUT2D eigenvalue weighted by molar-refractivity contribution is -0.384. The lowest BCUT2D eigenvalue weighted by Gasteiger charge is -2.15. The van der Waals surface area contributed by atoms with Crippen LogP contribution in [0.5, 0.6) is 0 Å². The zero-order chi connectivity index (χ0) is 15.2. The molecule has 0 aliphatic carbocycles. The van der Waals surface area contributed by atoms with E-state index < -0.39 is 4.92 Å². The van der Waals surface area contributed by atoms with Crippen LogP contribution in [0.3, 0.4) is 0 Å². The highest BCUT2D eigenvalue weighted by Crippen LogP contribution is 2.12. The number of benzene rings is 1. The Kier molecular flexibility index (Phi) is 4.84. The van der Waals surface area contributed by atoms with Crippen molar-refractivity contribution in [1.82, 2.24) is 9.88 Å². The highest BCUT2D eigenvalue weighted by atomic mass is 16.6. The molecule has 6 nitrogen and oxygen atoms in total. The molecule has 21 heavy (non-hydrogen) atoms. The van der Waals surface area contributed by atoms with Gasteiger partial charge in [-0.15, -0.1) is 0 Å². The van der Waals surface area contributed by atoms with Gasteiger partial charge in [0, 0.05) is 12.6 Å². The van der Waals surface area contributed by atoms with Crippen LogP contribution < -0.4 is 0 Å². The van der Waals surface area contributed by atoms with Gasteiger partial charge in [-0.1, -0.05) is 30.3 Å². The van der Waals surface area contributed by atoms with Crippen LogP contribution in [-0.2, 0) is 6.42 Å². The Morgan fingerprint density at radius 1 is 1.33 bits per heavy atom. The highest BCUT2D eigenvalue weighted by Gasteiger charge is 2.15. The number of nitrogens with one attached hydrogen (secondary N) is 1. The van der Waals surface area contributed by atoms with Gasteiger partial charge in [0.15, 0.2) is 5.78 Å². The van der Waals surface area contributed by atoms with E-state index in [9.17, 15) is 14.9 Å². The number of hydrogen-bond donors (Lipinski definition) is 1. The van der Waals surface area contributed by atoms with Gasteiger partial charge < -0.3 is 4.98 Å². The van der Waals surface area contributed by atoms with Crippen molar-refractivity contribution in [3.8, 4) is 0 Å². The van der Waals surface area contributed by atoms with Crippen molar-refractivity contribution in [2.24, 2.45) is 0 Å². The monoisotopic (exact) mass is 287 g/mol. The standard InChI is InChI=1S/C15H17N3O3/c1-17(8-7-12-5-3-2-4-6-12)11-15(19)14-9-13(10-16-14)18(20)21/h2-6,9-10,16H,7-8,11H2,1H3. The number of hydrogen-bond acceptors (Lipinski definition) is 4. The van der Waals surface area contributed by atoms with Crippen molar-refractivity contribution in [2.45, 2.75) is 6.42 Å². The highest BCUT2D eigenvalue weighted by molar-refractivity contribution is 5.96. The molecule has 0 unspecified atom stereocenters. The summed E-state index contributed by atoms with van der Waals surface area (Å²) in [5.74, 6) is -0.154. The Balaban J connectivity index is 1.85. The summed E-state index contributed by atoms with van der Waals surface area (Å²) in [6.45, 7) is 0.975. The molecule has 0 spiro atoms. The number of nitro groups is 1. The minimum Gasteiger partial charge on any atom is -0.353 e. The van der Waals surface area contributed by atoms with E-state index in [1.807, 2.05) is 42.3 Å². The third kappa shape index (κ3) is 4.25. The lowest BCUT2D eigenvalue weighted by atomic mass is 10.1. The van der Waals surface area contributed by atoms with Gasteiger partial charge in [0.05, 0.1) is 23.4 Å². The number of likely N-dealkylation sites (N-methyl/N-ethyl adjacent to an activating group) is 1. The summed E-state index contributed by atoms with van der Waals surface area (Å²) in [6, 6.07) is 11.3. The molecule has 0 amide bonds. The number of carbonyl (C=O) groups excluding carboxylic acids is 1. The molecule has 2 rings (SSSR count). The second-order valence-electron chi connectivity index (χ2n) is 4.93. The van der Waals surface area contributed by atoms with Gasteiger partial charge in [-0.05, 0) is 19.0 Å². The van der Waals surface area contributed by atoms with Gasteiger partial charge >= 0.3 is 0 Å². The van der Waals surface area contributed by atoms with Crippen LogP contribution in [0, 0.1) is 10.1 Å². The molecule has 0 fully saturated rings. The summed E-state index contributed by atoms with van der Waals surface area (Å²) in [5, 5.41) is 10.6. The molecule has 0 aliphatic rings. The van der Waals surface area contributed by atoms with E-state index in [1.165, 1.54) is 17.8 Å². The van der Waals surface area contributed by atoms with Crippen LogP contribution in [0.4, 0.5) is 5.69 Å². The van der Waals surface area contributed by atoms with Crippen LogP contribution in [0.25, 0.3) is 0 Å². The number of nitrogens with zero attached hydrogens (tertiary/aromatic N) is 2. The smallest absolute Gasteiger partial charge is 0.287 e. The molecular weight excluding hydrogens is 270 g/mol. The summed E-state index contributed by atoms with van der Waals surface area (Å²) in [5.41, 5.74) is 1.39. The Morgan fingerprint density at radius 3 is 2.67 bits per heavy atom. The van der Waals surface area contributed by atoms with E-state index in [2.05, 4.69) is 4.98 Å². The summed E-state index contributed by atoms with van der Waals surface area (Å²) < 4.78 is 0. The van der Waals surface area contributed by atoms with Gasteiger partial charge in [-0.25, -0.2) is 0 Å². The number of H-pyrrole nitrogens is 1. The van der Waals surface area contributed by atoms with Crippen LogP contribution in [0.1, 0.15) is 16.1 Å². The molecule has 2 aromatic rings. The topological polar surface area (TPSA) is 79.2 Å². The van der Waals surface area contributed by atoms with Crippen molar-refractivity contribution in [3.63, 3.8) is 0 Å². The number of aromatic amines is 1. The molecule has 1 aromatic carbocycles. The van der Waals surface area contributed by atoms with Crippen LogP contribution in [0.2, 0.25) is 0 Å². The maximum atomic E-state index is 12.0. The molecule has 0 bridgehead atoms. The van der Waals surface area contributed by atoms with Crippen molar-refractivity contribution in [2.75, 3.05) is 20.1 Å². The summed E-state index contributed by atoms with van der Waals surface area (Å²) in [7, 11) is 1.86. The maximum absolute atomic E-state index is 12.0. The second kappa shape index (κ2) is 6.81. The zero-order valence-corrected chi connectivity index (χ0v) is 11.8. The van der Waals surface area contributed by atoms with Gasteiger partial charge in [0.2, 0.25) is 0 Å². The normalized spacial score (nSPS) is 10.8. The quantitative estimate of drug-likeness (QED) is 0.481. The third-order valence-corrected chi connectivity index (χ3v) is 3.22. The first-order valence-electron chi connectivity index (χ1n) is 6.65. The fourth-order valence-corrected chi connectivity index (χ4v) is 2.02. The minimum absolute atomic E-state index is 0.0923. The van der Waals surface area contributed by atoms with Gasteiger partial charge in [0.1, 0.15) is 0 Å². The van der Waals surface area contributed by atoms with E-state index in [0.29, 0.717) is 0 Å². The van der Waals surface area contributed by atoms with E-state index in [-0.39, 0.29) is 23.7 Å². The van der Waals surface area contributed by atoms with E-state index >= 15 is 0 Å². The first-order valence-corrected chi connectivity index (χ1v) is 6.65. The first-order chi connectivity index (χ1) is 10.1. The van der Waals surface area contributed by atoms with E-state index in [0.717, 1.165) is 13.0 Å². The van der Waals surface area contributed by atoms with Gasteiger partial charge in [-0.2, -0.15) is 0 Å². The molecule has 0 saturated carbocycles. The predicted molar refractivity (Wildman–Crippen MR) is 79.4 cm³/mol. The average molecular weight is 287 g/mol. The molecular formula is C15H17N3O3. The van der Waals surface area contributed by atoms with E-state index in [4.69, 9.17) is 0 Å². The van der Waals surface area contributed by atoms with Crippen LogP contribution in [0.15, 0.2) is 42.6 Å². The second-order valence-corrected chi connectivity index (χ2v) is 4.93. The molecule has 1 heterocycles. The van der Waals surface area contributed by atoms with Crippen molar-refractivity contribution < 1.29 is 9.72 Å². The Labute approximate surface area is 122 Å². The molecule has 1 aromatic heterocycles. The van der Waals surface area contributed by atoms with Gasteiger partial charge in [-0.3, -0.25) is 19.8 Å². The number of ketones is 1. The SMILES string of the molecule is CN(CCc1ccccc1)CC(=O)c1cc([N+](=O)[O-])c[nH]1. The Morgan fingerprint density at radius 2 is 2.05 bits per heavy atom. The molecule has 0 atom stereocenters. The van der Waals surface area contributed by atoms with Crippen molar-refractivity contribution in [3.05, 3.63) is 64.0 Å². The fourth-order valence-electron chi connectivity index (χ4n) is 2.02.